The molecular weight excluding hydrogens is 570 g/mol. The fourth-order valence-electron chi connectivity index (χ4n) is 5.91. The molecule has 1 saturated carbocycles. The third-order valence-corrected chi connectivity index (χ3v) is 9.54. The lowest BCUT2D eigenvalue weighted by Gasteiger charge is -2.42. The minimum absolute atomic E-state index is 0.00190. The number of hydrogen-bond donors (Lipinski definition) is 1. The predicted molar refractivity (Wildman–Crippen MR) is 139 cm³/mol. The predicted octanol–water partition coefficient (Wildman–Crippen LogP) is 6.10. The van der Waals surface area contributed by atoms with E-state index >= 15 is 8.78 Å². The van der Waals surface area contributed by atoms with Gasteiger partial charge in [0, 0.05) is 24.3 Å². The van der Waals surface area contributed by atoms with Gasteiger partial charge in [0.05, 0.1) is 22.7 Å². The van der Waals surface area contributed by atoms with Gasteiger partial charge in [-0.15, -0.1) is 0 Å². The third-order valence-electron chi connectivity index (χ3n) is 7.88. The molecule has 2 aromatic carbocycles. The van der Waals surface area contributed by atoms with Crippen molar-refractivity contribution in [2.75, 3.05) is 18.4 Å². The van der Waals surface area contributed by atoms with Crippen LogP contribution in [0.3, 0.4) is 0 Å². The zero-order valence-corrected chi connectivity index (χ0v) is 22.7. The van der Waals surface area contributed by atoms with Crippen LogP contribution in [-0.4, -0.2) is 48.5 Å². The Bertz CT molecular complexity index is 1500. The Balaban J connectivity index is 1.38. The van der Waals surface area contributed by atoms with Crippen LogP contribution in [0.4, 0.5) is 32.0 Å². The van der Waals surface area contributed by atoms with E-state index in [0.717, 1.165) is 44.4 Å². The average molecular weight is 599 g/mol. The van der Waals surface area contributed by atoms with Crippen molar-refractivity contribution in [3.05, 3.63) is 83.2 Å². The molecule has 2 heterocycles. The van der Waals surface area contributed by atoms with E-state index in [1.807, 2.05) is 0 Å². The standard InChI is InChI=1S/C28H28F6N4O2S/c29-21-14-26(41(39,40)15-18-8-9-35-16-36-18)22(30)13-24(21)37-23-7-6-17(12-25(23)38-10-1-2-11-38)19-4-3-5-20(27(19)31)28(32,33)34/h3-5,8-9,13-14,16-17,23,25,37H,1-2,6-7,10-12,15H2/t17-,23-,25-/m0/s1. The lowest BCUT2D eigenvalue weighted by Crippen LogP contribution is -2.49. The molecule has 1 saturated heterocycles. The largest absolute Gasteiger partial charge is 0.419 e. The molecule has 3 atom stereocenters. The van der Waals surface area contributed by atoms with Gasteiger partial charge in [0.15, 0.2) is 9.84 Å². The van der Waals surface area contributed by atoms with Crippen molar-refractivity contribution in [2.45, 2.75) is 66.9 Å². The number of rotatable bonds is 7. The second-order valence-electron chi connectivity index (χ2n) is 10.5. The van der Waals surface area contributed by atoms with E-state index in [9.17, 15) is 26.0 Å². The van der Waals surface area contributed by atoms with E-state index < -0.39 is 61.6 Å². The Kier molecular flexibility index (Phi) is 8.29. The first-order valence-electron chi connectivity index (χ1n) is 13.3. The molecule has 41 heavy (non-hydrogen) atoms. The highest BCUT2D eigenvalue weighted by Gasteiger charge is 2.40. The van der Waals surface area contributed by atoms with E-state index in [1.165, 1.54) is 24.4 Å². The molecule has 2 aliphatic rings. The Morgan fingerprint density at radius 2 is 1.76 bits per heavy atom. The van der Waals surface area contributed by atoms with Crippen LogP contribution in [0.5, 0.6) is 0 Å². The summed E-state index contributed by atoms with van der Waals surface area (Å²) in [6.45, 7) is 1.44. The van der Waals surface area contributed by atoms with Crippen LogP contribution in [0.15, 0.2) is 53.8 Å². The summed E-state index contributed by atoms with van der Waals surface area (Å²) in [7, 11) is -4.25. The maximum absolute atomic E-state index is 15.2. The Hall–Kier alpha value is -3.19. The van der Waals surface area contributed by atoms with Crippen molar-refractivity contribution in [2.24, 2.45) is 0 Å². The fraction of sp³-hybridized carbons (Fsp3) is 0.429. The van der Waals surface area contributed by atoms with Gasteiger partial charge in [-0.2, -0.15) is 13.2 Å². The molecule has 3 aromatic rings. The van der Waals surface area contributed by atoms with E-state index in [1.54, 1.807) is 0 Å². The molecule has 1 aromatic heterocycles. The molecule has 6 nitrogen and oxygen atoms in total. The summed E-state index contributed by atoms with van der Waals surface area (Å²) in [6, 6.07) is 5.41. The highest BCUT2D eigenvalue weighted by atomic mass is 32.2. The summed E-state index contributed by atoms with van der Waals surface area (Å²) >= 11 is 0. The highest BCUT2D eigenvalue weighted by Crippen LogP contribution is 2.41. The van der Waals surface area contributed by atoms with Gasteiger partial charge in [0.1, 0.15) is 28.7 Å². The fourth-order valence-corrected chi connectivity index (χ4v) is 7.27. The van der Waals surface area contributed by atoms with Crippen LogP contribution in [-0.2, 0) is 21.8 Å². The molecule has 0 amide bonds. The van der Waals surface area contributed by atoms with Crippen LogP contribution in [0.1, 0.15) is 54.8 Å². The van der Waals surface area contributed by atoms with Crippen molar-refractivity contribution >= 4 is 15.5 Å². The summed E-state index contributed by atoms with van der Waals surface area (Å²) in [4.78, 5) is 8.89. The Morgan fingerprint density at radius 3 is 2.44 bits per heavy atom. The smallest absolute Gasteiger partial charge is 0.378 e. The van der Waals surface area contributed by atoms with Crippen LogP contribution in [0.2, 0.25) is 0 Å². The highest BCUT2D eigenvalue weighted by molar-refractivity contribution is 7.90. The Morgan fingerprint density at radius 1 is 1.00 bits per heavy atom. The molecule has 5 rings (SSSR count). The van der Waals surface area contributed by atoms with Crippen molar-refractivity contribution in [1.82, 2.24) is 14.9 Å². The van der Waals surface area contributed by atoms with Crippen molar-refractivity contribution < 1.29 is 34.8 Å². The van der Waals surface area contributed by atoms with E-state index in [0.29, 0.717) is 25.3 Å². The number of nitrogens with one attached hydrogen (secondary N) is 1. The number of nitrogens with zero attached hydrogens (tertiary/aromatic N) is 3. The molecule has 13 heteroatoms. The number of alkyl halides is 3. The first-order valence-corrected chi connectivity index (χ1v) is 14.9. The normalized spacial score (nSPS) is 22.1. The van der Waals surface area contributed by atoms with E-state index in [4.69, 9.17) is 0 Å². The molecule has 220 valence electrons. The lowest BCUT2D eigenvalue weighted by molar-refractivity contribution is -0.140. The van der Waals surface area contributed by atoms with E-state index in [2.05, 4.69) is 20.2 Å². The van der Waals surface area contributed by atoms with Gasteiger partial charge in [0.25, 0.3) is 0 Å². The zero-order chi connectivity index (χ0) is 29.4. The molecule has 0 bridgehead atoms. The van der Waals surface area contributed by atoms with Crippen LogP contribution in [0.25, 0.3) is 0 Å². The summed E-state index contributed by atoms with van der Waals surface area (Å²) in [5.74, 6) is -4.48. The van der Waals surface area contributed by atoms with E-state index in [-0.39, 0.29) is 23.0 Å². The quantitative estimate of drug-likeness (QED) is 0.332. The number of anilines is 1. The minimum atomic E-state index is -4.82. The molecule has 0 spiro atoms. The monoisotopic (exact) mass is 598 g/mol. The first-order chi connectivity index (χ1) is 19.4. The van der Waals surface area contributed by atoms with Crippen LogP contribution in [0, 0.1) is 17.5 Å². The molecule has 0 unspecified atom stereocenters. The van der Waals surface area contributed by atoms with Gasteiger partial charge in [-0.3, -0.25) is 4.90 Å². The average Bonchev–Trinajstić information content (AvgIpc) is 3.45. The lowest BCUT2D eigenvalue weighted by atomic mass is 9.77. The second-order valence-corrected chi connectivity index (χ2v) is 12.5. The van der Waals surface area contributed by atoms with Crippen molar-refractivity contribution in [1.29, 1.82) is 0 Å². The number of hydrogen-bond acceptors (Lipinski definition) is 6. The first kappa shape index (κ1) is 29.3. The van der Waals surface area contributed by atoms with Crippen molar-refractivity contribution in [3.8, 4) is 0 Å². The maximum Gasteiger partial charge on any atom is 0.419 e. The Labute approximate surface area is 233 Å². The number of likely N-dealkylation sites (tertiary alicyclic amines) is 1. The number of sulfone groups is 1. The van der Waals surface area contributed by atoms with Crippen LogP contribution >= 0.6 is 0 Å². The zero-order valence-electron chi connectivity index (χ0n) is 21.8. The number of halogens is 6. The number of benzene rings is 2. The summed E-state index contributed by atoms with van der Waals surface area (Å²) in [6.07, 6.45) is 0.512. The third kappa shape index (κ3) is 6.35. The van der Waals surface area contributed by atoms with Gasteiger partial charge in [-0.1, -0.05) is 12.1 Å². The van der Waals surface area contributed by atoms with Crippen LogP contribution < -0.4 is 5.32 Å². The molecule has 1 aliphatic heterocycles. The molecule has 0 radical (unpaired) electrons. The van der Waals surface area contributed by atoms with Crippen molar-refractivity contribution in [3.63, 3.8) is 0 Å². The van der Waals surface area contributed by atoms with Gasteiger partial charge in [0.2, 0.25) is 0 Å². The number of aromatic nitrogens is 2. The molecule has 1 aliphatic carbocycles. The maximum atomic E-state index is 15.2. The topological polar surface area (TPSA) is 75.2 Å². The van der Waals surface area contributed by atoms with Gasteiger partial charge < -0.3 is 5.32 Å². The SMILES string of the molecule is O=S(=O)(Cc1ccncn1)c1cc(F)c(N[C@H]2CC[C@H](c3cccc(C(F)(F)F)c3F)C[C@@H]2N2CCCC2)cc1F. The summed E-state index contributed by atoms with van der Waals surface area (Å²) in [5, 5.41) is 3.02. The summed E-state index contributed by atoms with van der Waals surface area (Å²) in [5.41, 5.74) is -1.40. The second kappa shape index (κ2) is 11.6. The molecule has 2 fully saturated rings. The minimum Gasteiger partial charge on any atom is -0.378 e. The van der Waals surface area contributed by atoms with Gasteiger partial charge in [-0.05, 0) is 74.9 Å². The molecular formula is C28H28F6N4O2S. The summed E-state index contributed by atoms with van der Waals surface area (Å²) < 4.78 is 111. The molecule has 1 N–H and O–H groups in total. The van der Waals surface area contributed by atoms with Gasteiger partial charge >= 0.3 is 6.18 Å². The van der Waals surface area contributed by atoms with Gasteiger partial charge in [-0.25, -0.2) is 31.6 Å².